The van der Waals surface area contributed by atoms with Gasteiger partial charge in [-0.3, -0.25) is 9.69 Å². The molecular formula is C27H33N3O3. The molecule has 1 aromatic carbocycles. The molecule has 5 aliphatic rings. The van der Waals surface area contributed by atoms with Gasteiger partial charge in [-0.05, 0) is 81.0 Å². The molecule has 0 aromatic heterocycles. The first-order chi connectivity index (χ1) is 16.0. The van der Waals surface area contributed by atoms with Crippen molar-refractivity contribution in [2.75, 3.05) is 20.3 Å². The molecule has 1 amide bonds. The number of nitrogens with two attached hydrogens (primary N) is 1. The Labute approximate surface area is 195 Å². The van der Waals surface area contributed by atoms with E-state index in [2.05, 4.69) is 30.0 Å². The van der Waals surface area contributed by atoms with Crippen LogP contribution in [0.1, 0.15) is 68.1 Å². The van der Waals surface area contributed by atoms with Crippen LogP contribution in [0.2, 0.25) is 0 Å². The van der Waals surface area contributed by atoms with Gasteiger partial charge in [0, 0.05) is 30.6 Å². The van der Waals surface area contributed by atoms with Crippen LogP contribution in [0.3, 0.4) is 0 Å². The number of carbonyl (C=O) groups is 1. The summed E-state index contributed by atoms with van der Waals surface area (Å²) in [6.07, 6.45) is 9.21. The quantitative estimate of drug-likeness (QED) is 0.723. The molecule has 3 aliphatic carbocycles. The summed E-state index contributed by atoms with van der Waals surface area (Å²) in [5.41, 5.74) is 8.48. The fourth-order valence-electron chi connectivity index (χ4n) is 6.52. The van der Waals surface area contributed by atoms with E-state index < -0.39 is 5.54 Å². The zero-order valence-electron chi connectivity index (χ0n) is 19.4. The summed E-state index contributed by atoms with van der Waals surface area (Å²) in [5, 5.41) is 0. The zero-order valence-corrected chi connectivity index (χ0v) is 19.4. The van der Waals surface area contributed by atoms with Crippen molar-refractivity contribution >= 4 is 11.9 Å². The van der Waals surface area contributed by atoms with E-state index in [1.807, 2.05) is 0 Å². The number of benzene rings is 1. The van der Waals surface area contributed by atoms with Crippen LogP contribution in [0.5, 0.6) is 0 Å². The number of amides is 1. The van der Waals surface area contributed by atoms with Crippen molar-refractivity contribution in [1.82, 2.24) is 4.90 Å². The van der Waals surface area contributed by atoms with Crippen LogP contribution in [0.4, 0.5) is 0 Å². The maximum atomic E-state index is 14.3. The average molecular weight is 448 g/mol. The minimum Gasteiger partial charge on any atom is -0.381 e. The van der Waals surface area contributed by atoms with E-state index in [9.17, 15) is 4.79 Å². The summed E-state index contributed by atoms with van der Waals surface area (Å²) in [6.45, 7) is 1.24. The Hall–Kier alpha value is -2.36. The fourth-order valence-corrected chi connectivity index (χ4v) is 6.52. The Balaban J connectivity index is 1.42. The molecule has 2 atom stereocenters. The lowest BCUT2D eigenvalue weighted by atomic mass is 9.61. The highest BCUT2D eigenvalue weighted by atomic mass is 16.5. The number of ether oxygens (including phenoxy) is 2. The summed E-state index contributed by atoms with van der Waals surface area (Å²) < 4.78 is 11.5. The van der Waals surface area contributed by atoms with Gasteiger partial charge in [0.2, 0.25) is 0 Å². The second kappa shape index (κ2) is 7.85. The van der Waals surface area contributed by atoms with Crippen LogP contribution in [0.15, 0.2) is 23.2 Å². The first-order valence-corrected chi connectivity index (χ1v) is 12.5. The molecule has 2 aliphatic heterocycles. The van der Waals surface area contributed by atoms with Crippen molar-refractivity contribution in [3.05, 3.63) is 34.9 Å². The van der Waals surface area contributed by atoms with Crippen LogP contribution in [0, 0.1) is 23.2 Å². The molecule has 174 valence electrons. The Morgan fingerprint density at radius 2 is 2.06 bits per heavy atom. The maximum absolute atomic E-state index is 14.3. The van der Waals surface area contributed by atoms with Crippen LogP contribution < -0.4 is 5.73 Å². The number of nitrogens with zero attached hydrogens (tertiary/aromatic N) is 2. The molecule has 3 fully saturated rings. The number of carbonyl (C=O) groups excluding carboxylic acids is 1. The van der Waals surface area contributed by atoms with Crippen molar-refractivity contribution in [2.45, 2.75) is 75.5 Å². The molecule has 6 heteroatoms. The largest absolute Gasteiger partial charge is 0.381 e. The van der Waals surface area contributed by atoms with Gasteiger partial charge < -0.3 is 15.2 Å². The van der Waals surface area contributed by atoms with Gasteiger partial charge in [-0.25, -0.2) is 4.99 Å². The molecule has 33 heavy (non-hydrogen) atoms. The Morgan fingerprint density at radius 1 is 1.24 bits per heavy atom. The number of hydrogen-bond donors (Lipinski definition) is 1. The van der Waals surface area contributed by atoms with E-state index in [0.717, 1.165) is 62.7 Å². The highest BCUT2D eigenvalue weighted by Crippen LogP contribution is 2.62. The van der Waals surface area contributed by atoms with Crippen molar-refractivity contribution in [3.63, 3.8) is 0 Å². The van der Waals surface area contributed by atoms with Crippen LogP contribution >= 0.6 is 0 Å². The molecule has 2 unspecified atom stereocenters. The molecular weight excluding hydrogens is 414 g/mol. The third-order valence-electron chi connectivity index (χ3n) is 8.54. The first kappa shape index (κ1) is 21.2. The summed E-state index contributed by atoms with van der Waals surface area (Å²) in [7, 11) is 1.78. The number of rotatable bonds is 3. The van der Waals surface area contributed by atoms with Crippen LogP contribution in [-0.4, -0.2) is 49.2 Å². The zero-order chi connectivity index (χ0) is 22.6. The third kappa shape index (κ3) is 3.32. The van der Waals surface area contributed by atoms with Gasteiger partial charge in [-0.2, -0.15) is 0 Å². The van der Waals surface area contributed by atoms with E-state index in [-0.39, 0.29) is 23.5 Å². The van der Waals surface area contributed by atoms with Crippen molar-refractivity contribution in [2.24, 2.45) is 22.1 Å². The van der Waals surface area contributed by atoms with Gasteiger partial charge in [0.1, 0.15) is 0 Å². The number of aliphatic imine (C=N–C) groups is 1. The molecule has 2 N–H and O–H groups in total. The summed E-state index contributed by atoms with van der Waals surface area (Å²) >= 11 is 0. The lowest BCUT2D eigenvalue weighted by Gasteiger charge is -2.45. The highest BCUT2D eigenvalue weighted by molar-refractivity contribution is 6.08. The SMILES string of the molecule is COC1CCC2(CC1)Cc1ccc(C#CC3CC3)cc1C21N=C(N)N(CC2CCCO2)C1=O. The number of hydrogen-bond acceptors (Lipinski definition) is 5. The van der Waals surface area contributed by atoms with E-state index in [0.29, 0.717) is 18.4 Å². The van der Waals surface area contributed by atoms with Gasteiger partial charge in [-0.1, -0.05) is 17.9 Å². The standard InChI is InChI=1S/C27H33N3O3/c1-32-21-10-12-26(13-11-21)16-20-9-8-19(7-6-18-4-5-18)15-23(20)27(26)24(31)30(25(28)29-27)17-22-3-2-14-33-22/h8-9,15,18,21-22H,2-5,10-14,16-17H2,1H3,(H2,28,29). The monoisotopic (exact) mass is 447 g/mol. The Morgan fingerprint density at radius 3 is 2.76 bits per heavy atom. The lowest BCUT2D eigenvalue weighted by Crippen LogP contribution is -2.53. The smallest absolute Gasteiger partial charge is 0.262 e. The predicted octanol–water partition coefficient (Wildman–Crippen LogP) is 3.11. The molecule has 6 nitrogen and oxygen atoms in total. The van der Waals surface area contributed by atoms with Crippen LogP contribution in [0.25, 0.3) is 0 Å². The third-order valence-corrected chi connectivity index (χ3v) is 8.54. The lowest BCUT2D eigenvalue weighted by molar-refractivity contribution is -0.139. The Bertz CT molecular complexity index is 1050. The summed E-state index contributed by atoms with van der Waals surface area (Å²) in [4.78, 5) is 21.1. The van der Waals surface area contributed by atoms with E-state index in [1.54, 1.807) is 12.0 Å². The molecule has 0 radical (unpaired) electrons. The van der Waals surface area contributed by atoms with Gasteiger partial charge in [0.15, 0.2) is 11.5 Å². The maximum Gasteiger partial charge on any atom is 0.262 e. The number of fused-ring (bicyclic) bond motifs is 3. The molecule has 1 aromatic rings. The molecule has 0 bridgehead atoms. The highest BCUT2D eigenvalue weighted by Gasteiger charge is 2.66. The summed E-state index contributed by atoms with van der Waals surface area (Å²) in [5.74, 6) is 7.62. The van der Waals surface area contributed by atoms with E-state index in [4.69, 9.17) is 20.2 Å². The van der Waals surface area contributed by atoms with Gasteiger partial charge in [0.25, 0.3) is 5.91 Å². The Kier molecular flexibility index (Phi) is 5.04. The second-order valence-corrected chi connectivity index (χ2v) is 10.5. The first-order valence-electron chi connectivity index (χ1n) is 12.5. The number of methoxy groups -OCH3 is 1. The van der Waals surface area contributed by atoms with Gasteiger partial charge in [-0.15, -0.1) is 0 Å². The second-order valence-electron chi connectivity index (χ2n) is 10.5. The van der Waals surface area contributed by atoms with E-state index in [1.165, 1.54) is 18.4 Å². The van der Waals surface area contributed by atoms with Gasteiger partial charge in [0.05, 0.1) is 18.8 Å². The van der Waals surface area contributed by atoms with Crippen molar-refractivity contribution in [3.8, 4) is 11.8 Å². The molecule has 6 rings (SSSR count). The average Bonchev–Trinajstić information content (AvgIpc) is 3.36. The predicted molar refractivity (Wildman–Crippen MR) is 125 cm³/mol. The normalized spacial score (nSPS) is 35.1. The van der Waals surface area contributed by atoms with Gasteiger partial charge >= 0.3 is 0 Å². The minimum absolute atomic E-state index is 0.0254. The minimum atomic E-state index is -0.957. The van der Waals surface area contributed by atoms with E-state index >= 15 is 0 Å². The van der Waals surface area contributed by atoms with Crippen molar-refractivity contribution in [1.29, 1.82) is 0 Å². The topological polar surface area (TPSA) is 77.2 Å². The van der Waals surface area contributed by atoms with Crippen LogP contribution in [-0.2, 0) is 26.2 Å². The molecule has 2 spiro atoms. The van der Waals surface area contributed by atoms with Crippen molar-refractivity contribution < 1.29 is 14.3 Å². The fraction of sp³-hybridized carbons (Fsp3) is 0.630. The molecule has 1 saturated heterocycles. The molecule has 2 heterocycles. The molecule has 2 saturated carbocycles. The number of guanidine groups is 1. The summed E-state index contributed by atoms with van der Waals surface area (Å²) in [6, 6.07) is 6.41.